The van der Waals surface area contributed by atoms with Crippen LogP contribution < -0.4 is 5.32 Å². The van der Waals surface area contributed by atoms with E-state index in [1.165, 1.54) is 48.1 Å². The van der Waals surface area contributed by atoms with Crippen molar-refractivity contribution < 1.29 is 9.72 Å². The van der Waals surface area contributed by atoms with Gasteiger partial charge < -0.3 is 5.32 Å². The summed E-state index contributed by atoms with van der Waals surface area (Å²) >= 11 is 2.77. The minimum Gasteiger partial charge on any atom is -0.352 e. The van der Waals surface area contributed by atoms with E-state index in [2.05, 4.69) is 24.1 Å². The highest BCUT2D eigenvalue weighted by Crippen LogP contribution is 2.32. The number of carbonyl (C=O) groups excluding carboxylic acids is 1. The van der Waals surface area contributed by atoms with Gasteiger partial charge in [0, 0.05) is 18.2 Å². The van der Waals surface area contributed by atoms with E-state index in [4.69, 9.17) is 0 Å². The summed E-state index contributed by atoms with van der Waals surface area (Å²) in [4.78, 5) is 27.1. The van der Waals surface area contributed by atoms with E-state index in [-0.39, 0.29) is 17.6 Å². The second-order valence-electron chi connectivity index (χ2n) is 6.62. The fraction of sp³-hybridized carbons (Fsp3) is 0.529. The molecule has 134 valence electrons. The van der Waals surface area contributed by atoms with E-state index in [1.807, 2.05) is 0 Å². The first-order valence-electron chi connectivity index (χ1n) is 8.41. The van der Waals surface area contributed by atoms with Crippen LogP contribution in [0.5, 0.6) is 0 Å². The number of amides is 1. The maximum Gasteiger partial charge on any atom is 0.270 e. The summed E-state index contributed by atoms with van der Waals surface area (Å²) < 4.78 is 1.53. The number of carbonyl (C=O) groups is 1. The summed E-state index contributed by atoms with van der Waals surface area (Å²) in [5, 5.41) is 14.0. The molecule has 25 heavy (non-hydrogen) atoms. The molecule has 1 aromatic carbocycles. The van der Waals surface area contributed by atoms with Crippen LogP contribution in [0.15, 0.2) is 22.5 Å². The first kappa shape index (κ1) is 18.1. The molecule has 8 heteroatoms. The molecule has 0 bridgehead atoms. The molecule has 1 saturated carbocycles. The van der Waals surface area contributed by atoms with E-state index >= 15 is 0 Å². The second kappa shape index (κ2) is 7.70. The molecule has 0 unspecified atom stereocenters. The van der Waals surface area contributed by atoms with Crippen molar-refractivity contribution in [3.63, 3.8) is 0 Å². The monoisotopic (exact) mass is 379 g/mol. The Balaban J connectivity index is 1.58. The summed E-state index contributed by atoms with van der Waals surface area (Å²) in [6, 6.07) is 4.89. The minimum absolute atomic E-state index is 0.0289. The van der Waals surface area contributed by atoms with E-state index in [0.717, 1.165) is 21.0 Å². The first-order valence-corrected chi connectivity index (χ1v) is 10.2. The molecule has 0 radical (unpaired) electrons. The van der Waals surface area contributed by atoms with Gasteiger partial charge in [-0.05, 0) is 24.3 Å². The number of aromatic nitrogens is 1. The van der Waals surface area contributed by atoms with Gasteiger partial charge in [0.15, 0.2) is 4.34 Å². The third-order valence-electron chi connectivity index (χ3n) is 4.94. The zero-order valence-electron chi connectivity index (χ0n) is 14.2. The maximum atomic E-state index is 12.3. The Morgan fingerprint density at radius 3 is 3.00 bits per heavy atom. The molecule has 6 nitrogen and oxygen atoms in total. The average Bonchev–Trinajstić information content (AvgIpc) is 2.99. The Kier molecular flexibility index (Phi) is 5.58. The van der Waals surface area contributed by atoms with Crippen molar-refractivity contribution in [2.75, 3.05) is 5.75 Å². The van der Waals surface area contributed by atoms with Gasteiger partial charge in [0.05, 0.1) is 20.9 Å². The van der Waals surface area contributed by atoms with E-state index in [0.29, 0.717) is 17.6 Å². The number of benzene rings is 1. The van der Waals surface area contributed by atoms with Crippen molar-refractivity contribution in [3.05, 3.63) is 28.3 Å². The van der Waals surface area contributed by atoms with Crippen molar-refractivity contribution in [2.45, 2.75) is 43.5 Å². The van der Waals surface area contributed by atoms with Crippen molar-refractivity contribution in [1.29, 1.82) is 0 Å². The molecule has 3 atom stereocenters. The van der Waals surface area contributed by atoms with Crippen LogP contribution in [0.3, 0.4) is 0 Å². The van der Waals surface area contributed by atoms with Crippen molar-refractivity contribution in [3.8, 4) is 0 Å². The first-order chi connectivity index (χ1) is 11.9. The van der Waals surface area contributed by atoms with E-state index in [1.54, 1.807) is 6.07 Å². The fourth-order valence-corrected chi connectivity index (χ4v) is 5.14. The Labute approximate surface area is 154 Å². The van der Waals surface area contributed by atoms with E-state index < -0.39 is 4.92 Å². The molecular formula is C17H21N3O3S2. The summed E-state index contributed by atoms with van der Waals surface area (Å²) in [6.07, 6.45) is 3.45. The molecule has 0 spiro atoms. The molecular weight excluding hydrogens is 358 g/mol. The molecule has 1 N–H and O–H groups in total. The lowest BCUT2D eigenvalue weighted by atomic mass is 9.78. The lowest BCUT2D eigenvalue weighted by Gasteiger charge is -2.34. The van der Waals surface area contributed by atoms with Crippen LogP contribution in [0.25, 0.3) is 10.2 Å². The number of thiazole rings is 1. The third kappa shape index (κ3) is 4.30. The van der Waals surface area contributed by atoms with Crippen molar-refractivity contribution in [2.24, 2.45) is 11.8 Å². The Morgan fingerprint density at radius 1 is 1.44 bits per heavy atom. The van der Waals surface area contributed by atoms with Gasteiger partial charge in [0.25, 0.3) is 5.69 Å². The largest absolute Gasteiger partial charge is 0.352 e. The van der Waals surface area contributed by atoms with Crippen LogP contribution in [0.4, 0.5) is 5.69 Å². The number of thioether (sulfide) groups is 1. The molecule has 0 aliphatic heterocycles. The van der Waals surface area contributed by atoms with Gasteiger partial charge in [-0.3, -0.25) is 14.9 Å². The van der Waals surface area contributed by atoms with Crippen LogP contribution in [0.2, 0.25) is 0 Å². The predicted octanol–water partition coefficient (Wildman–Crippen LogP) is 4.24. The molecule has 1 fully saturated rings. The standard InChI is InChI=1S/C17H21N3O3S2/c1-10-4-3-5-13(11(10)2)18-16(21)9-24-17-19-14-7-6-12(20(22)23)8-15(14)25-17/h6-8,10-11,13H,3-5,9H2,1-2H3,(H,18,21)/t10-,11+,13+/m1/s1. The Morgan fingerprint density at radius 2 is 2.24 bits per heavy atom. The number of nitrogens with one attached hydrogen (secondary N) is 1. The van der Waals surface area contributed by atoms with Gasteiger partial charge in [-0.25, -0.2) is 4.98 Å². The second-order valence-corrected chi connectivity index (χ2v) is 8.87. The van der Waals surface area contributed by atoms with E-state index in [9.17, 15) is 14.9 Å². The number of fused-ring (bicyclic) bond motifs is 1. The number of rotatable bonds is 5. The summed E-state index contributed by atoms with van der Waals surface area (Å²) in [5.41, 5.74) is 0.791. The molecule has 2 aromatic rings. The zero-order valence-corrected chi connectivity index (χ0v) is 15.9. The quantitative estimate of drug-likeness (QED) is 0.477. The molecule has 1 aromatic heterocycles. The number of hydrogen-bond donors (Lipinski definition) is 1. The van der Waals surface area contributed by atoms with Gasteiger partial charge in [-0.15, -0.1) is 11.3 Å². The Bertz CT molecular complexity index is 793. The number of non-ortho nitro benzene ring substituents is 1. The lowest BCUT2D eigenvalue weighted by molar-refractivity contribution is -0.384. The summed E-state index contributed by atoms with van der Waals surface area (Å²) in [5.74, 6) is 1.50. The molecule has 1 heterocycles. The number of nitro groups is 1. The molecule has 1 aliphatic rings. The zero-order chi connectivity index (χ0) is 18.0. The van der Waals surface area contributed by atoms with Gasteiger partial charge >= 0.3 is 0 Å². The molecule has 3 rings (SSSR count). The third-order valence-corrected chi connectivity index (χ3v) is 7.10. The normalized spacial score (nSPS) is 23.5. The van der Waals surface area contributed by atoms with Gasteiger partial charge in [0.2, 0.25) is 5.91 Å². The number of hydrogen-bond acceptors (Lipinski definition) is 6. The van der Waals surface area contributed by atoms with Crippen LogP contribution in [-0.4, -0.2) is 27.6 Å². The van der Waals surface area contributed by atoms with Gasteiger partial charge in [-0.2, -0.15) is 0 Å². The average molecular weight is 380 g/mol. The van der Waals surface area contributed by atoms with Crippen LogP contribution >= 0.6 is 23.1 Å². The molecule has 1 aliphatic carbocycles. The van der Waals surface area contributed by atoms with Gasteiger partial charge in [-0.1, -0.05) is 38.5 Å². The maximum absolute atomic E-state index is 12.3. The van der Waals surface area contributed by atoms with Crippen LogP contribution in [0.1, 0.15) is 33.1 Å². The lowest BCUT2D eigenvalue weighted by Crippen LogP contribution is -2.44. The predicted molar refractivity (Wildman–Crippen MR) is 101 cm³/mol. The smallest absolute Gasteiger partial charge is 0.270 e. The number of nitrogens with zero attached hydrogens (tertiary/aromatic N) is 2. The summed E-state index contributed by atoms with van der Waals surface area (Å²) in [6.45, 7) is 4.46. The SMILES string of the molecule is C[C@H]1[C@H](C)CCC[C@@H]1NC(=O)CSc1nc2ccc([N+](=O)[O-])cc2s1. The molecule has 1 amide bonds. The highest BCUT2D eigenvalue weighted by Gasteiger charge is 2.28. The number of nitro benzene ring substituents is 1. The highest BCUT2D eigenvalue weighted by molar-refractivity contribution is 8.01. The minimum atomic E-state index is -0.411. The van der Waals surface area contributed by atoms with Gasteiger partial charge in [0.1, 0.15) is 0 Å². The van der Waals surface area contributed by atoms with Crippen LogP contribution in [-0.2, 0) is 4.79 Å². The fourth-order valence-electron chi connectivity index (χ4n) is 3.23. The van der Waals surface area contributed by atoms with Crippen LogP contribution in [0, 0.1) is 22.0 Å². The summed E-state index contributed by atoms with van der Waals surface area (Å²) in [7, 11) is 0. The molecule has 0 saturated heterocycles. The topological polar surface area (TPSA) is 85.1 Å². The van der Waals surface area contributed by atoms with Crippen molar-refractivity contribution in [1.82, 2.24) is 10.3 Å². The van der Waals surface area contributed by atoms with Crippen molar-refractivity contribution >= 4 is 44.9 Å². The Hall–Kier alpha value is -1.67. The highest BCUT2D eigenvalue weighted by atomic mass is 32.2.